The van der Waals surface area contributed by atoms with Crippen LogP contribution in [0.25, 0.3) is 0 Å². The van der Waals surface area contributed by atoms with Crippen molar-refractivity contribution < 1.29 is 14.3 Å². The van der Waals surface area contributed by atoms with E-state index in [0.717, 1.165) is 23.7 Å². The molecule has 1 heterocycles. The third-order valence-corrected chi connectivity index (χ3v) is 4.78. The van der Waals surface area contributed by atoms with Gasteiger partial charge in [0.05, 0.1) is 29.0 Å². The van der Waals surface area contributed by atoms with Crippen molar-refractivity contribution in [3.8, 4) is 6.07 Å². The second-order valence-electron chi connectivity index (χ2n) is 5.35. The summed E-state index contributed by atoms with van der Waals surface area (Å²) in [6, 6.07) is 10.2. The molecule has 1 amide bonds. The van der Waals surface area contributed by atoms with Gasteiger partial charge in [0.25, 0.3) is 0 Å². The summed E-state index contributed by atoms with van der Waals surface area (Å²) in [7, 11) is 0. The summed E-state index contributed by atoms with van der Waals surface area (Å²) in [5, 5.41) is 12.7. The summed E-state index contributed by atoms with van der Waals surface area (Å²) < 4.78 is 4.89. The number of nitriles is 1. The molecule has 1 aromatic rings. The number of amides is 1. The van der Waals surface area contributed by atoms with Gasteiger partial charge in [-0.15, -0.1) is 0 Å². The van der Waals surface area contributed by atoms with Crippen LogP contribution in [-0.4, -0.2) is 24.2 Å². The van der Waals surface area contributed by atoms with Crippen molar-refractivity contribution in [3.05, 3.63) is 46.0 Å². The Balaban J connectivity index is 2.25. The summed E-state index contributed by atoms with van der Waals surface area (Å²) in [5.41, 5.74) is 2.64. The molecule has 0 aliphatic carbocycles. The van der Waals surface area contributed by atoms with Gasteiger partial charge in [-0.2, -0.15) is 5.26 Å². The fraction of sp³-hybridized carbons (Fsp3) is 0.389. The van der Waals surface area contributed by atoms with Crippen molar-refractivity contribution in [2.24, 2.45) is 0 Å². The average molecular weight is 344 g/mol. The molecular formula is C18H20N2O3S. The van der Waals surface area contributed by atoms with Gasteiger partial charge in [-0.05, 0) is 24.5 Å². The van der Waals surface area contributed by atoms with Gasteiger partial charge in [0, 0.05) is 12.3 Å². The number of ether oxygens (including phenoxy) is 1. The molecule has 1 aromatic carbocycles. The Kier molecular flexibility index (Phi) is 6.44. The number of rotatable bonds is 6. The Morgan fingerprint density at radius 3 is 2.67 bits per heavy atom. The van der Waals surface area contributed by atoms with E-state index in [1.807, 2.05) is 24.3 Å². The van der Waals surface area contributed by atoms with Crippen LogP contribution >= 0.6 is 11.8 Å². The molecule has 1 N–H and O–H groups in total. The van der Waals surface area contributed by atoms with Crippen molar-refractivity contribution in [1.82, 2.24) is 5.32 Å². The van der Waals surface area contributed by atoms with Crippen molar-refractivity contribution in [3.63, 3.8) is 0 Å². The van der Waals surface area contributed by atoms with Gasteiger partial charge in [-0.25, -0.2) is 0 Å². The van der Waals surface area contributed by atoms with E-state index in [9.17, 15) is 14.9 Å². The number of hydrogen-bond donors (Lipinski definition) is 1. The lowest BCUT2D eigenvalue weighted by molar-refractivity contribution is -0.139. The molecular weight excluding hydrogens is 324 g/mol. The van der Waals surface area contributed by atoms with E-state index in [0.29, 0.717) is 17.2 Å². The Morgan fingerprint density at radius 2 is 2.08 bits per heavy atom. The van der Waals surface area contributed by atoms with E-state index < -0.39 is 0 Å². The van der Waals surface area contributed by atoms with Crippen molar-refractivity contribution in [1.29, 1.82) is 5.26 Å². The smallest absolute Gasteiger partial charge is 0.316 e. The maximum Gasteiger partial charge on any atom is 0.316 e. The van der Waals surface area contributed by atoms with Gasteiger partial charge in [0.15, 0.2) is 0 Å². The highest BCUT2D eigenvalue weighted by atomic mass is 32.2. The third-order valence-electron chi connectivity index (χ3n) is 3.79. The third kappa shape index (κ3) is 4.39. The molecule has 1 atom stereocenters. The van der Waals surface area contributed by atoms with E-state index in [4.69, 9.17) is 4.74 Å². The molecule has 5 nitrogen and oxygen atoms in total. The molecule has 1 unspecified atom stereocenters. The second-order valence-corrected chi connectivity index (χ2v) is 6.33. The summed E-state index contributed by atoms with van der Waals surface area (Å²) in [4.78, 5) is 23.6. The highest BCUT2D eigenvalue weighted by Gasteiger charge is 2.29. The van der Waals surface area contributed by atoms with Crippen LogP contribution in [0.1, 0.15) is 37.3 Å². The Morgan fingerprint density at radius 1 is 1.38 bits per heavy atom. The number of nitrogens with zero attached hydrogens (tertiary/aromatic N) is 1. The van der Waals surface area contributed by atoms with Gasteiger partial charge in [0.2, 0.25) is 5.91 Å². The fourth-order valence-corrected chi connectivity index (χ4v) is 3.41. The second kappa shape index (κ2) is 8.55. The van der Waals surface area contributed by atoms with Crippen LogP contribution in [-0.2, 0) is 20.7 Å². The molecule has 24 heavy (non-hydrogen) atoms. The number of aryl methyl sites for hydroxylation is 1. The number of hydrogen-bond acceptors (Lipinski definition) is 5. The lowest BCUT2D eigenvalue weighted by Gasteiger charge is -2.25. The van der Waals surface area contributed by atoms with Gasteiger partial charge in [0.1, 0.15) is 0 Å². The molecule has 6 heteroatoms. The lowest BCUT2D eigenvalue weighted by atomic mass is 9.86. The van der Waals surface area contributed by atoms with E-state index in [2.05, 4.69) is 18.3 Å². The number of thioether (sulfide) groups is 1. The van der Waals surface area contributed by atoms with Crippen LogP contribution in [0, 0.1) is 11.3 Å². The van der Waals surface area contributed by atoms with Crippen LogP contribution in [0.3, 0.4) is 0 Å². The maximum atomic E-state index is 12.0. The first-order valence-electron chi connectivity index (χ1n) is 7.90. The quantitative estimate of drug-likeness (QED) is 0.803. The Labute approximate surface area is 146 Å². The highest BCUT2D eigenvalue weighted by molar-refractivity contribution is 8.03. The van der Waals surface area contributed by atoms with Gasteiger partial charge >= 0.3 is 5.97 Å². The van der Waals surface area contributed by atoms with Gasteiger partial charge in [-0.1, -0.05) is 43.0 Å². The van der Waals surface area contributed by atoms with Crippen LogP contribution < -0.4 is 5.32 Å². The first kappa shape index (κ1) is 18.1. The Bertz CT molecular complexity index is 689. The molecule has 2 rings (SSSR count). The standard InChI is InChI=1S/C18H20N2O3S/c1-3-12-5-7-13(8-6-12)14-9-16(21)20-18(15(14)10-19)24-11-17(22)23-4-2/h5-8,14H,3-4,9,11H2,1-2H3,(H,20,21). The molecule has 0 bridgehead atoms. The molecule has 0 saturated carbocycles. The molecule has 126 valence electrons. The minimum Gasteiger partial charge on any atom is -0.465 e. The maximum absolute atomic E-state index is 12.0. The van der Waals surface area contributed by atoms with E-state index >= 15 is 0 Å². The minimum atomic E-state index is -0.365. The van der Waals surface area contributed by atoms with Crippen molar-refractivity contribution >= 4 is 23.6 Å². The van der Waals surface area contributed by atoms with Crippen LogP contribution in [0.4, 0.5) is 0 Å². The van der Waals surface area contributed by atoms with Gasteiger partial charge in [-0.3, -0.25) is 9.59 Å². The molecule has 0 saturated heterocycles. The molecule has 0 aromatic heterocycles. The zero-order valence-corrected chi connectivity index (χ0v) is 14.6. The van der Waals surface area contributed by atoms with Crippen LogP contribution in [0.5, 0.6) is 0 Å². The summed E-state index contributed by atoms with van der Waals surface area (Å²) >= 11 is 1.14. The predicted octanol–water partition coefficient (Wildman–Crippen LogP) is 2.88. The average Bonchev–Trinajstić information content (AvgIpc) is 2.59. The predicted molar refractivity (Wildman–Crippen MR) is 93.1 cm³/mol. The first-order chi connectivity index (χ1) is 11.6. The number of carbonyl (C=O) groups is 2. The van der Waals surface area contributed by atoms with Crippen molar-refractivity contribution in [2.45, 2.75) is 32.6 Å². The molecule has 0 fully saturated rings. The number of nitrogens with one attached hydrogen (secondary N) is 1. The lowest BCUT2D eigenvalue weighted by Crippen LogP contribution is -2.31. The molecule has 1 aliphatic heterocycles. The molecule has 1 aliphatic rings. The largest absolute Gasteiger partial charge is 0.465 e. The van der Waals surface area contributed by atoms with Crippen LogP contribution in [0.15, 0.2) is 34.9 Å². The number of carbonyl (C=O) groups excluding carboxylic acids is 2. The van der Waals surface area contributed by atoms with E-state index in [-0.39, 0.29) is 30.0 Å². The van der Waals surface area contributed by atoms with Crippen LogP contribution in [0.2, 0.25) is 0 Å². The number of allylic oxidation sites excluding steroid dienone is 1. The fourth-order valence-electron chi connectivity index (χ4n) is 2.54. The Hall–Kier alpha value is -2.26. The van der Waals surface area contributed by atoms with E-state index in [1.165, 1.54) is 5.56 Å². The van der Waals surface area contributed by atoms with Gasteiger partial charge < -0.3 is 10.1 Å². The van der Waals surface area contributed by atoms with E-state index in [1.54, 1.807) is 6.92 Å². The minimum absolute atomic E-state index is 0.0656. The normalized spacial score (nSPS) is 17.2. The summed E-state index contributed by atoms with van der Waals surface area (Å²) in [6.07, 6.45) is 1.17. The first-order valence-corrected chi connectivity index (χ1v) is 8.88. The SMILES string of the molecule is CCOC(=O)CSC1=C(C#N)C(c2ccc(CC)cc2)CC(=O)N1. The number of esters is 1. The highest BCUT2D eigenvalue weighted by Crippen LogP contribution is 2.36. The summed E-state index contributed by atoms with van der Waals surface area (Å²) in [5.74, 6) is -0.726. The monoisotopic (exact) mass is 344 g/mol. The summed E-state index contributed by atoms with van der Waals surface area (Å²) in [6.45, 7) is 4.12. The molecule has 0 spiro atoms. The molecule has 0 radical (unpaired) electrons. The zero-order chi connectivity index (χ0) is 17.5. The zero-order valence-electron chi connectivity index (χ0n) is 13.8. The topological polar surface area (TPSA) is 79.2 Å². The number of benzene rings is 1. The van der Waals surface area contributed by atoms with Crippen molar-refractivity contribution in [2.75, 3.05) is 12.4 Å².